The van der Waals surface area contributed by atoms with Crippen LogP contribution in [-0.4, -0.2) is 16.9 Å². The van der Waals surface area contributed by atoms with Crippen molar-refractivity contribution in [3.8, 4) is 0 Å². The molecule has 0 saturated carbocycles. The maximum Gasteiger partial charge on any atom is 0.314 e. The molecule has 2 unspecified atom stereocenters. The van der Waals surface area contributed by atoms with Crippen molar-refractivity contribution >= 4 is 11.8 Å². The predicted molar refractivity (Wildman–Crippen MR) is 63.9 cm³/mol. The molecule has 2 rings (SSSR count). The number of hydrogen-bond donors (Lipinski definition) is 1. The van der Waals surface area contributed by atoms with Crippen LogP contribution in [0.2, 0.25) is 0 Å². The molecule has 0 aliphatic heterocycles. The number of hydrogen-bond acceptors (Lipinski definition) is 2. The van der Waals surface area contributed by atoms with Gasteiger partial charge >= 0.3 is 5.97 Å². The van der Waals surface area contributed by atoms with Gasteiger partial charge in [-0.3, -0.25) is 9.59 Å². The summed E-state index contributed by atoms with van der Waals surface area (Å²) in [6.45, 7) is 1.37. The second kappa shape index (κ2) is 4.70. The minimum Gasteiger partial charge on any atom is -0.481 e. The molecule has 1 aromatic rings. The van der Waals surface area contributed by atoms with Crippen molar-refractivity contribution in [1.82, 2.24) is 0 Å². The molecule has 0 radical (unpaired) electrons. The number of carbonyl (C=O) groups is 2. The van der Waals surface area contributed by atoms with Gasteiger partial charge in [0.1, 0.15) is 11.7 Å². The molecule has 0 aromatic heterocycles. The quantitative estimate of drug-likeness (QED) is 0.814. The summed E-state index contributed by atoms with van der Waals surface area (Å²) in [7, 11) is 0. The molecule has 0 amide bonds. The Kier molecular flexibility index (Phi) is 3.27. The highest BCUT2D eigenvalue weighted by atomic mass is 16.4. The van der Waals surface area contributed by atoms with Crippen molar-refractivity contribution in [2.75, 3.05) is 0 Å². The van der Waals surface area contributed by atoms with Crippen molar-refractivity contribution in [2.45, 2.75) is 32.1 Å². The fourth-order valence-corrected chi connectivity index (χ4v) is 2.77. The first-order chi connectivity index (χ1) is 8.11. The van der Waals surface area contributed by atoms with Crippen LogP contribution in [0.15, 0.2) is 24.3 Å². The van der Waals surface area contributed by atoms with Gasteiger partial charge in [-0.2, -0.15) is 0 Å². The Morgan fingerprint density at radius 3 is 2.71 bits per heavy atom. The molecule has 3 heteroatoms. The van der Waals surface area contributed by atoms with E-state index in [1.54, 1.807) is 0 Å². The second-order valence-electron chi connectivity index (χ2n) is 4.62. The molecule has 1 aromatic carbocycles. The Morgan fingerprint density at radius 2 is 2.06 bits per heavy atom. The summed E-state index contributed by atoms with van der Waals surface area (Å²) in [5.41, 5.74) is 2.23. The Labute approximate surface area is 100 Å². The normalized spacial score (nSPS) is 20.4. The van der Waals surface area contributed by atoms with Gasteiger partial charge in [0.15, 0.2) is 0 Å². The third-order valence-electron chi connectivity index (χ3n) is 3.52. The molecule has 1 aliphatic rings. The average molecular weight is 232 g/mol. The third kappa shape index (κ3) is 2.23. The summed E-state index contributed by atoms with van der Waals surface area (Å²) < 4.78 is 0. The van der Waals surface area contributed by atoms with Gasteiger partial charge in [-0.1, -0.05) is 24.3 Å². The summed E-state index contributed by atoms with van der Waals surface area (Å²) in [5.74, 6) is -2.30. The van der Waals surface area contributed by atoms with Crippen LogP contribution < -0.4 is 0 Å². The number of carboxylic acid groups (broad SMARTS) is 1. The van der Waals surface area contributed by atoms with E-state index in [1.807, 2.05) is 24.3 Å². The number of aliphatic carboxylic acids is 1. The number of rotatable bonds is 3. The molecule has 0 bridgehead atoms. The molecular weight excluding hydrogens is 216 g/mol. The molecule has 0 spiro atoms. The Morgan fingerprint density at radius 1 is 1.35 bits per heavy atom. The number of fused-ring (bicyclic) bond motifs is 1. The van der Waals surface area contributed by atoms with Crippen molar-refractivity contribution in [2.24, 2.45) is 5.92 Å². The summed E-state index contributed by atoms with van der Waals surface area (Å²) in [4.78, 5) is 22.7. The van der Waals surface area contributed by atoms with Gasteiger partial charge in [0.05, 0.1) is 0 Å². The zero-order chi connectivity index (χ0) is 12.4. The van der Waals surface area contributed by atoms with Crippen molar-refractivity contribution in [3.63, 3.8) is 0 Å². The van der Waals surface area contributed by atoms with E-state index in [2.05, 4.69) is 0 Å². The van der Waals surface area contributed by atoms with E-state index in [1.165, 1.54) is 12.5 Å². The van der Waals surface area contributed by atoms with Crippen molar-refractivity contribution in [3.05, 3.63) is 35.4 Å². The number of aryl methyl sites for hydroxylation is 1. The lowest BCUT2D eigenvalue weighted by Crippen LogP contribution is -2.30. The maximum atomic E-state index is 11.5. The van der Waals surface area contributed by atoms with Gasteiger partial charge in [-0.05, 0) is 37.3 Å². The molecule has 3 nitrogen and oxygen atoms in total. The van der Waals surface area contributed by atoms with Gasteiger partial charge in [0.25, 0.3) is 0 Å². The first kappa shape index (κ1) is 11.8. The highest BCUT2D eigenvalue weighted by molar-refractivity contribution is 5.98. The van der Waals surface area contributed by atoms with Crippen LogP contribution in [0, 0.1) is 5.92 Å². The SMILES string of the molecule is CC(=O)C(C(=O)O)C1CCCc2ccccc21. The predicted octanol–water partition coefficient (Wildman–Crippen LogP) is 2.40. The summed E-state index contributed by atoms with van der Waals surface area (Å²) >= 11 is 0. The lowest BCUT2D eigenvalue weighted by molar-refractivity contribution is -0.146. The molecule has 1 aliphatic carbocycles. The molecular formula is C14H16O3. The minimum atomic E-state index is -1.00. The van der Waals surface area contributed by atoms with Gasteiger partial charge < -0.3 is 5.11 Å². The third-order valence-corrected chi connectivity index (χ3v) is 3.52. The molecule has 90 valence electrons. The van der Waals surface area contributed by atoms with Gasteiger partial charge in [-0.15, -0.1) is 0 Å². The van der Waals surface area contributed by atoms with Gasteiger partial charge in [0.2, 0.25) is 0 Å². The molecule has 1 N–H and O–H groups in total. The summed E-state index contributed by atoms with van der Waals surface area (Å²) in [6, 6.07) is 7.86. The Bertz CT molecular complexity index is 437. The van der Waals surface area contributed by atoms with E-state index < -0.39 is 11.9 Å². The smallest absolute Gasteiger partial charge is 0.314 e. The second-order valence-corrected chi connectivity index (χ2v) is 4.62. The highest BCUT2D eigenvalue weighted by Crippen LogP contribution is 2.37. The van der Waals surface area contributed by atoms with Crippen LogP contribution in [0.5, 0.6) is 0 Å². The molecule has 0 fully saturated rings. The first-order valence-corrected chi connectivity index (χ1v) is 5.92. The maximum absolute atomic E-state index is 11.5. The van der Waals surface area contributed by atoms with E-state index >= 15 is 0 Å². The zero-order valence-corrected chi connectivity index (χ0v) is 9.85. The average Bonchev–Trinajstić information content (AvgIpc) is 2.28. The number of carboxylic acids is 1. The first-order valence-electron chi connectivity index (χ1n) is 5.92. The largest absolute Gasteiger partial charge is 0.481 e. The Hall–Kier alpha value is -1.64. The number of Topliss-reactive ketones (excluding diaryl/α,β-unsaturated/α-hetero) is 1. The number of carbonyl (C=O) groups excluding carboxylic acids is 1. The van der Waals surface area contributed by atoms with E-state index in [0.29, 0.717) is 0 Å². The van der Waals surface area contributed by atoms with Crippen LogP contribution in [0.25, 0.3) is 0 Å². The highest BCUT2D eigenvalue weighted by Gasteiger charge is 2.35. The van der Waals surface area contributed by atoms with Gasteiger partial charge in [-0.25, -0.2) is 0 Å². The van der Waals surface area contributed by atoms with Crippen LogP contribution in [-0.2, 0) is 16.0 Å². The topological polar surface area (TPSA) is 54.4 Å². The number of benzene rings is 1. The van der Waals surface area contributed by atoms with E-state index in [4.69, 9.17) is 0 Å². The van der Waals surface area contributed by atoms with Crippen LogP contribution in [0.4, 0.5) is 0 Å². The van der Waals surface area contributed by atoms with Crippen LogP contribution in [0.1, 0.15) is 36.8 Å². The van der Waals surface area contributed by atoms with Gasteiger partial charge in [0, 0.05) is 5.92 Å². The monoisotopic (exact) mass is 232 g/mol. The molecule has 0 saturated heterocycles. The standard InChI is InChI=1S/C14H16O3/c1-9(15)13(14(16)17)12-8-4-6-10-5-2-3-7-11(10)12/h2-3,5,7,12-13H,4,6,8H2,1H3,(H,16,17). The van der Waals surface area contributed by atoms with E-state index in [0.717, 1.165) is 24.8 Å². The van der Waals surface area contributed by atoms with Crippen LogP contribution in [0.3, 0.4) is 0 Å². The minimum absolute atomic E-state index is 0.157. The number of ketones is 1. The molecule has 17 heavy (non-hydrogen) atoms. The lowest BCUT2D eigenvalue weighted by atomic mass is 9.74. The summed E-state index contributed by atoms with van der Waals surface area (Å²) in [6.07, 6.45) is 2.73. The van der Waals surface area contributed by atoms with E-state index in [-0.39, 0.29) is 11.7 Å². The zero-order valence-electron chi connectivity index (χ0n) is 9.85. The van der Waals surface area contributed by atoms with E-state index in [9.17, 15) is 14.7 Å². The fourth-order valence-electron chi connectivity index (χ4n) is 2.77. The van der Waals surface area contributed by atoms with Crippen LogP contribution >= 0.6 is 0 Å². The van der Waals surface area contributed by atoms with Crippen molar-refractivity contribution in [1.29, 1.82) is 0 Å². The lowest BCUT2D eigenvalue weighted by Gasteiger charge is -2.28. The molecule has 2 atom stereocenters. The molecule has 0 heterocycles. The van der Waals surface area contributed by atoms with Crippen molar-refractivity contribution < 1.29 is 14.7 Å². The fraction of sp³-hybridized carbons (Fsp3) is 0.429. The Balaban J connectivity index is 2.40. The summed E-state index contributed by atoms with van der Waals surface area (Å²) in [5, 5.41) is 9.20.